The molecule has 26 heavy (non-hydrogen) atoms. The molecule has 0 bridgehead atoms. The smallest absolute Gasteiger partial charge is 0.411 e. The summed E-state index contributed by atoms with van der Waals surface area (Å²) in [7, 11) is 1.63. The lowest BCUT2D eigenvalue weighted by Gasteiger charge is -2.41. The third-order valence-electron chi connectivity index (χ3n) is 5.34. The van der Waals surface area contributed by atoms with E-state index in [1.807, 2.05) is 12.1 Å². The molecule has 1 atom stereocenters. The van der Waals surface area contributed by atoms with Crippen LogP contribution in [-0.4, -0.2) is 31.3 Å². The average molecular weight is 352 g/mol. The maximum absolute atomic E-state index is 11.8. The van der Waals surface area contributed by atoms with Crippen LogP contribution in [0, 0.1) is 0 Å². The van der Waals surface area contributed by atoms with Crippen molar-refractivity contribution in [1.82, 2.24) is 4.90 Å². The van der Waals surface area contributed by atoms with E-state index >= 15 is 0 Å². The molecule has 0 spiro atoms. The van der Waals surface area contributed by atoms with Crippen molar-refractivity contribution in [3.8, 4) is 5.75 Å². The van der Waals surface area contributed by atoms with Gasteiger partial charge in [0.15, 0.2) is 0 Å². The van der Waals surface area contributed by atoms with Crippen molar-refractivity contribution in [2.75, 3.05) is 25.6 Å². The number of carbonyl (C=O) groups is 1. The number of hydrogen-bond acceptors (Lipinski definition) is 4. The Labute approximate surface area is 153 Å². The van der Waals surface area contributed by atoms with Gasteiger partial charge in [0.05, 0.1) is 19.4 Å². The fourth-order valence-electron chi connectivity index (χ4n) is 4.11. The summed E-state index contributed by atoms with van der Waals surface area (Å²) < 4.78 is 10.5. The van der Waals surface area contributed by atoms with E-state index < -0.39 is 6.09 Å². The van der Waals surface area contributed by atoms with Crippen LogP contribution in [0.1, 0.15) is 35.2 Å². The fraction of sp³-hybridized carbons (Fsp3) is 0.381. The van der Waals surface area contributed by atoms with E-state index in [2.05, 4.69) is 34.5 Å². The topological polar surface area (TPSA) is 50.8 Å². The summed E-state index contributed by atoms with van der Waals surface area (Å²) in [6, 6.07) is 13.2. The highest BCUT2D eigenvalue weighted by Gasteiger charge is 2.32. The summed E-state index contributed by atoms with van der Waals surface area (Å²) in [6.07, 6.45) is 1.58. The Bertz CT molecular complexity index is 834. The molecule has 2 aliphatic heterocycles. The lowest BCUT2D eigenvalue weighted by atomic mass is 9.84. The number of ether oxygens (including phenoxy) is 2. The second-order valence-electron chi connectivity index (χ2n) is 6.81. The molecule has 0 radical (unpaired) electrons. The van der Waals surface area contributed by atoms with Crippen LogP contribution in [0.3, 0.4) is 0 Å². The Morgan fingerprint density at radius 2 is 2.08 bits per heavy atom. The lowest BCUT2D eigenvalue weighted by Crippen LogP contribution is -2.39. The summed E-state index contributed by atoms with van der Waals surface area (Å²) in [5.41, 5.74) is 6.08. The second-order valence-corrected chi connectivity index (χ2v) is 6.81. The number of fused-ring (bicyclic) bond motifs is 4. The molecular weight excluding hydrogens is 328 g/mol. The first kappa shape index (κ1) is 16.9. The molecule has 0 aromatic heterocycles. The van der Waals surface area contributed by atoms with Gasteiger partial charge in [0, 0.05) is 19.1 Å². The van der Waals surface area contributed by atoms with Gasteiger partial charge in [0.1, 0.15) is 5.75 Å². The first-order valence-electron chi connectivity index (χ1n) is 9.15. The van der Waals surface area contributed by atoms with Crippen molar-refractivity contribution in [2.24, 2.45) is 0 Å². The Morgan fingerprint density at radius 1 is 1.23 bits per heavy atom. The molecule has 0 unspecified atom stereocenters. The van der Waals surface area contributed by atoms with Gasteiger partial charge in [-0.1, -0.05) is 24.3 Å². The zero-order valence-corrected chi connectivity index (χ0v) is 15.2. The highest BCUT2D eigenvalue weighted by Crippen LogP contribution is 2.40. The van der Waals surface area contributed by atoms with Gasteiger partial charge < -0.3 is 9.47 Å². The van der Waals surface area contributed by atoms with Gasteiger partial charge in [-0.05, 0) is 54.2 Å². The summed E-state index contributed by atoms with van der Waals surface area (Å²) in [5.74, 6) is 0.674. The highest BCUT2D eigenvalue weighted by molar-refractivity contribution is 5.87. The molecule has 2 aromatic carbocycles. The predicted octanol–water partition coefficient (Wildman–Crippen LogP) is 3.92. The van der Waals surface area contributed by atoms with Crippen LogP contribution in [0.5, 0.6) is 5.75 Å². The maximum Gasteiger partial charge on any atom is 0.411 e. The molecule has 2 aliphatic rings. The van der Waals surface area contributed by atoms with Gasteiger partial charge in [0.2, 0.25) is 0 Å². The number of hydrogen-bond donors (Lipinski definition) is 1. The third kappa shape index (κ3) is 3.03. The fourth-order valence-corrected chi connectivity index (χ4v) is 4.11. The Morgan fingerprint density at radius 3 is 2.88 bits per heavy atom. The van der Waals surface area contributed by atoms with Crippen molar-refractivity contribution in [3.05, 3.63) is 58.7 Å². The maximum atomic E-state index is 11.8. The van der Waals surface area contributed by atoms with E-state index in [1.54, 1.807) is 14.0 Å². The zero-order chi connectivity index (χ0) is 18.1. The SMILES string of the molecule is CCOC(=O)Nc1cc2c(cc1OC)CN1CCc3ccccc3[C@@H]1C2. The molecule has 5 nitrogen and oxygen atoms in total. The lowest BCUT2D eigenvalue weighted by molar-refractivity contribution is 0.160. The van der Waals surface area contributed by atoms with Gasteiger partial charge in [-0.25, -0.2) is 4.79 Å². The minimum absolute atomic E-state index is 0.340. The Balaban J connectivity index is 1.67. The number of carbonyl (C=O) groups excluding carboxylic acids is 1. The largest absolute Gasteiger partial charge is 0.495 e. The van der Waals surface area contributed by atoms with Crippen molar-refractivity contribution in [3.63, 3.8) is 0 Å². The minimum atomic E-state index is -0.453. The normalized spacial score (nSPS) is 18.3. The summed E-state index contributed by atoms with van der Waals surface area (Å²) in [5, 5.41) is 2.80. The number of nitrogens with one attached hydrogen (secondary N) is 1. The standard InChI is InChI=1S/C21H24N2O3/c1-3-26-21(24)22-18-10-15-11-19-17-7-5-4-6-14(17)8-9-23(19)13-16(15)12-20(18)25-2/h4-7,10,12,19H,3,8-9,11,13H2,1-2H3,(H,22,24)/t19-/m0/s1. The molecular formula is C21H24N2O3. The van der Waals surface area contributed by atoms with Crippen LogP contribution in [0.2, 0.25) is 0 Å². The van der Waals surface area contributed by atoms with E-state index in [1.165, 1.54) is 22.3 Å². The molecule has 2 aromatic rings. The molecule has 0 fully saturated rings. The number of rotatable bonds is 3. The molecule has 0 aliphatic carbocycles. The van der Waals surface area contributed by atoms with E-state index in [4.69, 9.17) is 9.47 Å². The molecule has 5 heteroatoms. The van der Waals surface area contributed by atoms with Gasteiger partial charge in [-0.2, -0.15) is 0 Å². The van der Waals surface area contributed by atoms with E-state index in [-0.39, 0.29) is 0 Å². The van der Waals surface area contributed by atoms with Crippen molar-refractivity contribution < 1.29 is 14.3 Å². The van der Waals surface area contributed by atoms with Gasteiger partial charge in [-0.15, -0.1) is 0 Å². The molecule has 1 N–H and O–H groups in total. The number of benzene rings is 2. The van der Waals surface area contributed by atoms with Gasteiger partial charge in [0.25, 0.3) is 0 Å². The van der Waals surface area contributed by atoms with Crippen LogP contribution in [0.25, 0.3) is 0 Å². The number of methoxy groups -OCH3 is 1. The van der Waals surface area contributed by atoms with E-state index in [9.17, 15) is 4.79 Å². The Kier molecular flexibility index (Phi) is 4.55. The quantitative estimate of drug-likeness (QED) is 0.910. The number of nitrogens with zero attached hydrogens (tertiary/aromatic N) is 1. The monoisotopic (exact) mass is 352 g/mol. The minimum Gasteiger partial charge on any atom is -0.495 e. The van der Waals surface area contributed by atoms with Gasteiger partial charge in [-0.3, -0.25) is 10.2 Å². The third-order valence-corrected chi connectivity index (χ3v) is 5.34. The number of anilines is 1. The second kappa shape index (κ2) is 7.00. The van der Waals surface area contributed by atoms with Crippen molar-refractivity contribution in [1.29, 1.82) is 0 Å². The predicted molar refractivity (Wildman–Crippen MR) is 101 cm³/mol. The summed E-state index contributed by atoms with van der Waals surface area (Å²) >= 11 is 0. The van der Waals surface area contributed by atoms with Crippen LogP contribution in [-0.2, 0) is 24.1 Å². The first-order valence-corrected chi connectivity index (χ1v) is 9.15. The van der Waals surface area contributed by atoms with Crippen LogP contribution in [0.4, 0.5) is 10.5 Å². The number of amides is 1. The van der Waals surface area contributed by atoms with Crippen LogP contribution in [0.15, 0.2) is 36.4 Å². The van der Waals surface area contributed by atoms with Crippen LogP contribution >= 0.6 is 0 Å². The molecule has 0 saturated carbocycles. The van der Waals surface area contributed by atoms with E-state index in [0.29, 0.717) is 24.1 Å². The molecule has 136 valence electrons. The van der Waals surface area contributed by atoms with E-state index in [0.717, 1.165) is 25.9 Å². The van der Waals surface area contributed by atoms with Gasteiger partial charge >= 0.3 is 6.09 Å². The van der Waals surface area contributed by atoms with Crippen LogP contribution < -0.4 is 10.1 Å². The average Bonchev–Trinajstić information content (AvgIpc) is 2.66. The Hall–Kier alpha value is -2.53. The zero-order valence-electron chi connectivity index (χ0n) is 15.2. The summed E-state index contributed by atoms with van der Waals surface area (Å²) in [4.78, 5) is 14.4. The molecule has 4 rings (SSSR count). The summed E-state index contributed by atoms with van der Waals surface area (Å²) in [6.45, 7) is 4.11. The first-order chi connectivity index (χ1) is 12.7. The highest BCUT2D eigenvalue weighted by atomic mass is 16.5. The molecule has 1 amide bonds. The molecule has 2 heterocycles. The molecule has 0 saturated heterocycles. The van der Waals surface area contributed by atoms with Crippen molar-refractivity contribution >= 4 is 11.8 Å². The van der Waals surface area contributed by atoms with Crippen molar-refractivity contribution in [2.45, 2.75) is 32.4 Å².